The summed E-state index contributed by atoms with van der Waals surface area (Å²) in [4.78, 5) is 22.8. The number of carbonyl (C=O) groups is 2. The first-order valence-electron chi connectivity index (χ1n) is 7.27. The molecule has 0 saturated heterocycles. The molecule has 134 valence electrons. The molecular weight excluding hydrogens is 351 g/mol. The third-order valence-electron chi connectivity index (χ3n) is 3.73. The van der Waals surface area contributed by atoms with E-state index in [2.05, 4.69) is 4.74 Å². The second-order valence-corrected chi connectivity index (χ2v) is 5.39. The minimum atomic E-state index is -4.91. The van der Waals surface area contributed by atoms with E-state index in [1.807, 2.05) is 0 Å². The Morgan fingerprint density at radius 1 is 1.00 bits per heavy atom. The fourth-order valence-corrected chi connectivity index (χ4v) is 2.68. The molecule has 3 aromatic rings. The van der Waals surface area contributed by atoms with Crippen molar-refractivity contribution < 1.29 is 27.5 Å². The normalized spacial score (nSPS) is 11.5. The van der Waals surface area contributed by atoms with Gasteiger partial charge in [-0.05, 0) is 29.8 Å². The summed E-state index contributed by atoms with van der Waals surface area (Å²) in [5, 5.41) is 0.0652. The van der Waals surface area contributed by atoms with Crippen LogP contribution in [-0.4, -0.2) is 22.9 Å². The van der Waals surface area contributed by atoms with E-state index in [4.69, 9.17) is 11.5 Å². The number of aromatic nitrogens is 1. The first-order valence-corrected chi connectivity index (χ1v) is 7.27. The fourth-order valence-electron chi connectivity index (χ4n) is 2.68. The number of carbonyl (C=O) groups excluding carboxylic acids is 2. The number of hydrogen-bond acceptors (Lipinski definition) is 3. The van der Waals surface area contributed by atoms with Crippen molar-refractivity contribution in [1.29, 1.82) is 0 Å². The van der Waals surface area contributed by atoms with Crippen LogP contribution in [0, 0.1) is 0 Å². The highest BCUT2D eigenvalue weighted by Crippen LogP contribution is 2.39. The van der Waals surface area contributed by atoms with Crippen molar-refractivity contribution in [3.63, 3.8) is 0 Å². The predicted octanol–water partition coefficient (Wildman–Crippen LogP) is 3.23. The number of primary amides is 2. The van der Waals surface area contributed by atoms with Crippen LogP contribution in [-0.2, 0) is 0 Å². The molecule has 9 heteroatoms. The summed E-state index contributed by atoms with van der Waals surface area (Å²) in [7, 11) is 0. The number of amides is 2. The van der Waals surface area contributed by atoms with Gasteiger partial charge in [-0.15, -0.1) is 13.2 Å². The highest BCUT2D eigenvalue weighted by atomic mass is 19.4. The van der Waals surface area contributed by atoms with Crippen molar-refractivity contribution >= 4 is 22.8 Å². The first-order chi connectivity index (χ1) is 12.2. The number of nitrogens with two attached hydrogens (primary N) is 2. The van der Waals surface area contributed by atoms with Gasteiger partial charge in [0.15, 0.2) is 0 Å². The van der Waals surface area contributed by atoms with Crippen molar-refractivity contribution in [3.8, 4) is 16.9 Å². The van der Waals surface area contributed by atoms with E-state index >= 15 is 0 Å². The Balaban J connectivity index is 2.26. The molecule has 0 fully saturated rings. The van der Waals surface area contributed by atoms with Crippen LogP contribution in [0.1, 0.15) is 10.4 Å². The number of halogens is 3. The lowest BCUT2D eigenvalue weighted by Gasteiger charge is -2.11. The molecule has 3 rings (SSSR count). The van der Waals surface area contributed by atoms with Gasteiger partial charge in [-0.1, -0.05) is 18.2 Å². The highest BCUT2D eigenvalue weighted by Gasteiger charge is 2.32. The van der Waals surface area contributed by atoms with Gasteiger partial charge in [-0.3, -0.25) is 9.36 Å². The van der Waals surface area contributed by atoms with Crippen LogP contribution < -0.4 is 16.2 Å². The third kappa shape index (κ3) is 3.18. The molecule has 2 amide bonds. The monoisotopic (exact) mass is 363 g/mol. The van der Waals surface area contributed by atoms with E-state index in [0.717, 1.165) is 10.6 Å². The molecule has 0 radical (unpaired) electrons. The topological polar surface area (TPSA) is 100 Å². The quantitative estimate of drug-likeness (QED) is 0.747. The van der Waals surface area contributed by atoms with Crippen molar-refractivity contribution in [2.45, 2.75) is 6.36 Å². The first kappa shape index (κ1) is 17.3. The van der Waals surface area contributed by atoms with Crippen LogP contribution in [0.15, 0.2) is 48.7 Å². The SMILES string of the molecule is NC(=O)c1ccc(-c2cn(C(N)=O)c3cccc(OC(F)(F)F)c23)cc1. The minimum absolute atomic E-state index is 0.0652. The van der Waals surface area contributed by atoms with E-state index in [1.165, 1.54) is 42.6 Å². The zero-order valence-corrected chi connectivity index (χ0v) is 13.1. The standard InChI is InChI=1S/C17H12F3N3O3/c18-17(19,20)26-13-3-1-2-12-14(13)11(8-23(12)16(22)25)9-4-6-10(7-5-9)15(21)24/h1-8H,(H2,21,24)(H2,22,25). The summed E-state index contributed by atoms with van der Waals surface area (Å²) in [6.07, 6.45) is -3.59. The van der Waals surface area contributed by atoms with Crippen molar-refractivity contribution in [2.75, 3.05) is 0 Å². The van der Waals surface area contributed by atoms with Gasteiger partial charge in [0, 0.05) is 17.3 Å². The smallest absolute Gasteiger partial charge is 0.405 e. The van der Waals surface area contributed by atoms with E-state index in [0.29, 0.717) is 5.56 Å². The van der Waals surface area contributed by atoms with Crippen LogP contribution in [0.4, 0.5) is 18.0 Å². The van der Waals surface area contributed by atoms with Crippen molar-refractivity contribution in [1.82, 2.24) is 4.57 Å². The zero-order valence-electron chi connectivity index (χ0n) is 13.1. The number of ether oxygens (including phenoxy) is 1. The number of fused-ring (bicyclic) bond motifs is 1. The van der Waals surface area contributed by atoms with Crippen molar-refractivity contribution in [2.24, 2.45) is 11.5 Å². The second kappa shape index (κ2) is 6.10. The van der Waals surface area contributed by atoms with Gasteiger partial charge in [0.1, 0.15) is 5.75 Å². The molecule has 4 N–H and O–H groups in total. The lowest BCUT2D eigenvalue weighted by atomic mass is 10.0. The minimum Gasteiger partial charge on any atom is -0.405 e. The molecule has 1 aromatic heterocycles. The molecule has 0 aliphatic rings. The number of hydrogen-bond donors (Lipinski definition) is 2. The molecule has 0 saturated carbocycles. The third-order valence-corrected chi connectivity index (χ3v) is 3.73. The Morgan fingerprint density at radius 2 is 1.65 bits per heavy atom. The van der Waals surface area contributed by atoms with E-state index in [-0.39, 0.29) is 22.0 Å². The van der Waals surface area contributed by atoms with E-state index in [9.17, 15) is 22.8 Å². The lowest BCUT2D eigenvalue weighted by Crippen LogP contribution is -2.18. The fraction of sp³-hybridized carbons (Fsp3) is 0.0588. The average Bonchev–Trinajstić information content (AvgIpc) is 2.94. The van der Waals surface area contributed by atoms with Gasteiger partial charge in [0.25, 0.3) is 0 Å². The molecule has 0 aliphatic heterocycles. The molecule has 0 aliphatic carbocycles. The largest absolute Gasteiger partial charge is 0.573 e. The van der Waals surface area contributed by atoms with Crippen LogP contribution in [0.25, 0.3) is 22.0 Å². The number of rotatable bonds is 3. The summed E-state index contributed by atoms with van der Waals surface area (Å²) in [5.74, 6) is -1.11. The van der Waals surface area contributed by atoms with E-state index < -0.39 is 24.1 Å². The highest BCUT2D eigenvalue weighted by molar-refractivity contribution is 6.05. The molecule has 0 atom stereocenters. The zero-order chi connectivity index (χ0) is 19.1. The van der Waals surface area contributed by atoms with Gasteiger partial charge >= 0.3 is 12.4 Å². The summed E-state index contributed by atoms with van der Waals surface area (Å²) in [6, 6.07) is 8.92. The average molecular weight is 363 g/mol. The molecule has 1 heterocycles. The molecule has 0 spiro atoms. The Labute approximate surface area is 144 Å². The Bertz CT molecular complexity index is 1010. The molecule has 26 heavy (non-hydrogen) atoms. The van der Waals surface area contributed by atoms with Gasteiger partial charge in [0.05, 0.1) is 10.9 Å². The van der Waals surface area contributed by atoms with Gasteiger partial charge in [-0.2, -0.15) is 0 Å². The number of nitrogens with zero attached hydrogens (tertiary/aromatic N) is 1. The number of alkyl halides is 3. The van der Waals surface area contributed by atoms with E-state index in [1.54, 1.807) is 0 Å². The maximum absolute atomic E-state index is 12.7. The van der Waals surface area contributed by atoms with Crippen LogP contribution in [0.5, 0.6) is 5.75 Å². The van der Waals surface area contributed by atoms with Gasteiger partial charge < -0.3 is 16.2 Å². The summed E-state index contributed by atoms with van der Waals surface area (Å²) >= 11 is 0. The predicted molar refractivity (Wildman–Crippen MR) is 87.6 cm³/mol. The van der Waals surface area contributed by atoms with Gasteiger partial charge in [-0.25, -0.2) is 4.79 Å². The van der Waals surface area contributed by atoms with Crippen LogP contribution in [0.2, 0.25) is 0 Å². The maximum Gasteiger partial charge on any atom is 0.573 e. The lowest BCUT2D eigenvalue weighted by molar-refractivity contribution is -0.274. The molecular formula is C17H12F3N3O3. The number of benzene rings is 2. The van der Waals surface area contributed by atoms with Crippen LogP contribution in [0.3, 0.4) is 0 Å². The van der Waals surface area contributed by atoms with Crippen LogP contribution >= 0.6 is 0 Å². The second-order valence-electron chi connectivity index (χ2n) is 5.39. The molecule has 0 bridgehead atoms. The summed E-state index contributed by atoms with van der Waals surface area (Å²) in [6.45, 7) is 0. The Hall–Kier alpha value is -3.49. The summed E-state index contributed by atoms with van der Waals surface area (Å²) < 4.78 is 43.3. The van der Waals surface area contributed by atoms with Crippen molar-refractivity contribution in [3.05, 3.63) is 54.2 Å². The van der Waals surface area contributed by atoms with Gasteiger partial charge in [0.2, 0.25) is 5.91 Å². The maximum atomic E-state index is 12.7. The molecule has 0 unspecified atom stereocenters. The Morgan fingerprint density at radius 3 is 2.19 bits per heavy atom. The summed E-state index contributed by atoms with van der Waals surface area (Å²) in [5.41, 5.74) is 11.6. The molecule has 2 aromatic carbocycles. The molecule has 6 nitrogen and oxygen atoms in total. The Kier molecular flexibility index (Phi) is 4.07.